The fourth-order valence-electron chi connectivity index (χ4n) is 0.801. The Kier molecular flexibility index (Phi) is 5.83. The molecule has 1 aromatic heterocycles. The lowest BCUT2D eigenvalue weighted by Crippen LogP contribution is -2.02. The minimum Gasteiger partial charge on any atom is -0.262 e. The van der Waals surface area contributed by atoms with Crippen LogP contribution in [0.3, 0.4) is 0 Å². The molecule has 0 unspecified atom stereocenters. The molecule has 0 spiro atoms. The van der Waals surface area contributed by atoms with Gasteiger partial charge in [-0.2, -0.15) is 18.3 Å². The number of thiol groups is 1. The first-order valence-electron chi connectivity index (χ1n) is 3.77. The van der Waals surface area contributed by atoms with Gasteiger partial charge < -0.3 is 0 Å². The van der Waals surface area contributed by atoms with Gasteiger partial charge >= 0.3 is 5.51 Å². The molecule has 16 heavy (non-hydrogen) atoms. The van der Waals surface area contributed by atoms with Gasteiger partial charge in [-0.1, -0.05) is 0 Å². The minimum absolute atomic E-state index is 0.111. The van der Waals surface area contributed by atoms with Crippen LogP contribution in [0.2, 0.25) is 0 Å². The van der Waals surface area contributed by atoms with Crippen molar-refractivity contribution in [1.82, 2.24) is 9.78 Å². The lowest BCUT2D eigenvalue weighted by atomic mass is 10.5. The van der Waals surface area contributed by atoms with E-state index in [1.54, 1.807) is 6.92 Å². The Labute approximate surface area is 95.9 Å². The second-order valence-electron chi connectivity index (χ2n) is 2.58. The molecule has 1 heterocycles. The second-order valence-corrected chi connectivity index (χ2v) is 4.24. The van der Waals surface area contributed by atoms with Crippen molar-refractivity contribution in [3.8, 4) is 0 Å². The molecule has 0 radical (unpaired) electrons. The predicted octanol–water partition coefficient (Wildman–Crippen LogP) is 0.812. The quantitative estimate of drug-likeness (QED) is 0.588. The Morgan fingerprint density at radius 2 is 1.94 bits per heavy atom. The number of alkyl halides is 3. The molecule has 0 amide bonds. The van der Waals surface area contributed by atoms with Crippen molar-refractivity contribution in [2.75, 3.05) is 0 Å². The topological polar surface area (TPSA) is 78.0 Å². The molecular formula is C6H10F3N3O2S2. The van der Waals surface area contributed by atoms with Crippen molar-refractivity contribution in [3.05, 3.63) is 11.8 Å². The molecule has 1 rings (SSSR count). The fourth-order valence-corrected chi connectivity index (χ4v) is 1.44. The summed E-state index contributed by atoms with van der Waals surface area (Å²) in [7, 11) is -1.13. The van der Waals surface area contributed by atoms with Crippen molar-refractivity contribution >= 4 is 22.7 Å². The van der Waals surface area contributed by atoms with E-state index < -0.39 is 16.4 Å². The number of halogens is 3. The fraction of sp³-hybridized carbons (Fsp3) is 0.500. The van der Waals surface area contributed by atoms with Crippen LogP contribution in [-0.4, -0.2) is 23.7 Å². The zero-order chi connectivity index (χ0) is 12.9. The Bertz CT molecular complexity index is 406. The molecule has 0 aliphatic rings. The van der Waals surface area contributed by atoms with Gasteiger partial charge in [0.2, 0.25) is 0 Å². The summed E-state index contributed by atoms with van der Waals surface area (Å²) in [5, 5.41) is 7.97. The van der Waals surface area contributed by atoms with Crippen LogP contribution in [0.4, 0.5) is 13.2 Å². The lowest BCUT2D eigenvalue weighted by Gasteiger charge is -2.04. The van der Waals surface area contributed by atoms with Gasteiger partial charge in [0.05, 0.1) is 5.69 Å². The third-order valence-corrected chi connectivity index (χ3v) is 2.00. The van der Waals surface area contributed by atoms with E-state index in [2.05, 4.69) is 10.2 Å². The Balaban J connectivity index is 0.000000487. The van der Waals surface area contributed by atoms with E-state index >= 15 is 0 Å². The Hall–Kier alpha value is -0.740. The molecule has 10 heteroatoms. The van der Waals surface area contributed by atoms with Gasteiger partial charge in [0.1, 0.15) is 5.03 Å². The molecule has 0 fully saturated rings. The first-order chi connectivity index (χ1) is 7.11. The smallest absolute Gasteiger partial charge is 0.262 e. The molecule has 0 saturated carbocycles. The number of thioether (sulfide) groups is 1. The number of hydrogen-bond donors (Lipinski definition) is 2. The van der Waals surface area contributed by atoms with E-state index in [-0.39, 0.29) is 16.8 Å². The van der Waals surface area contributed by atoms with E-state index in [1.165, 1.54) is 17.8 Å². The van der Waals surface area contributed by atoms with E-state index in [0.717, 1.165) is 0 Å². The molecule has 2 N–H and O–H groups in total. The number of hydrogen-bond acceptors (Lipinski definition) is 4. The first-order valence-corrected chi connectivity index (χ1v) is 5.83. The molecule has 0 saturated heterocycles. The number of aromatic nitrogens is 2. The first kappa shape index (κ1) is 15.3. The molecule has 5 nitrogen and oxygen atoms in total. The summed E-state index contributed by atoms with van der Waals surface area (Å²) in [6, 6.07) is 1.40. The van der Waals surface area contributed by atoms with Gasteiger partial charge in [0.15, 0.2) is 10.9 Å². The largest absolute Gasteiger partial charge is 0.447 e. The maximum Gasteiger partial charge on any atom is 0.447 e. The van der Waals surface area contributed by atoms with Crippen molar-refractivity contribution in [3.63, 3.8) is 0 Å². The normalized spacial score (nSPS) is 11.2. The van der Waals surface area contributed by atoms with Gasteiger partial charge in [0, 0.05) is 18.8 Å². The molecule has 1 aromatic rings. The summed E-state index contributed by atoms with van der Waals surface area (Å²) in [5.74, 6) is 0. The second kappa shape index (κ2) is 6.11. The van der Waals surface area contributed by atoms with Crippen LogP contribution in [-0.2, 0) is 17.9 Å². The highest BCUT2D eigenvalue weighted by Gasteiger charge is 2.30. The average Bonchev–Trinajstić information content (AvgIpc) is 2.24. The molecule has 0 aliphatic carbocycles. The highest BCUT2D eigenvalue weighted by atomic mass is 32.2. The lowest BCUT2D eigenvalue weighted by molar-refractivity contribution is -0.0330. The third-order valence-electron chi connectivity index (χ3n) is 1.18. The zero-order valence-electron chi connectivity index (χ0n) is 8.35. The number of rotatable bonds is 1. The van der Waals surface area contributed by atoms with Crippen LogP contribution >= 0.6 is 11.8 Å². The molecule has 0 aromatic carbocycles. The maximum absolute atomic E-state index is 11.9. The van der Waals surface area contributed by atoms with E-state index in [0.29, 0.717) is 5.69 Å². The maximum atomic E-state index is 11.9. The van der Waals surface area contributed by atoms with Crippen LogP contribution < -0.4 is 5.14 Å². The number of aryl methyl sites for hydroxylation is 2. The monoisotopic (exact) mass is 277 g/mol. The summed E-state index contributed by atoms with van der Waals surface area (Å²) in [6.45, 7) is 1.65. The van der Waals surface area contributed by atoms with Gasteiger partial charge in [-0.05, 0) is 13.0 Å². The highest BCUT2D eigenvalue weighted by Crippen LogP contribution is 2.36. The van der Waals surface area contributed by atoms with Gasteiger partial charge in [-0.25, -0.2) is 13.6 Å². The summed E-state index contributed by atoms with van der Waals surface area (Å²) in [5.41, 5.74) is -3.65. The van der Waals surface area contributed by atoms with Crippen LogP contribution in [0.15, 0.2) is 11.1 Å². The van der Waals surface area contributed by atoms with Crippen LogP contribution in [0, 0.1) is 6.92 Å². The third kappa shape index (κ3) is 7.54. The van der Waals surface area contributed by atoms with Crippen LogP contribution in [0.25, 0.3) is 0 Å². The van der Waals surface area contributed by atoms with Crippen molar-refractivity contribution in [2.45, 2.75) is 17.5 Å². The minimum atomic E-state index is -4.24. The SMILES string of the molecule is Cc1cc(SC(F)(F)F)n(C)n1.N[SH](=O)=O. The molecule has 0 atom stereocenters. The molecule has 94 valence electrons. The van der Waals surface area contributed by atoms with Crippen molar-refractivity contribution < 1.29 is 21.6 Å². The summed E-state index contributed by atoms with van der Waals surface area (Å²) >= 11 is -0.151. The highest BCUT2D eigenvalue weighted by molar-refractivity contribution is 8.00. The average molecular weight is 277 g/mol. The van der Waals surface area contributed by atoms with Gasteiger partial charge in [0.25, 0.3) is 0 Å². The van der Waals surface area contributed by atoms with E-state index in [4.69, 9.17) is 8.42 Å². The Morgan fingerprint density at radius 1 is 1.50 bits per heavy atom. The van der Waals surface area contributed by atoms with Crippen molar-refractivity contribution in [2.24, 2.45) is 12.2 Å². The van der Waals surface area contributed by atoms with Crippen molar-refractivity contribution in [1.29, 1.82) is 0 Å². The van der Waals surface area contributed by atoms with Gasteiger partial charge in [-0.3, -0.25) is 4.68 Å². The molecule has 0 aliphatic heterocycles. The van der Waals surface area contributed by atoms with Gasteiger partial charge in [-0.15, -0.1) is 0 Å². The molecular weight excluding hydrogens is 267 g/mol. The summed E-state index contributed by atoms with van der Waals surface area (Å²) < 4.78 is 54.4. The van der Waals surface area contributed by atoms with E-state index in [1.807, 2.05) is 0 Å². The predicted molar refractivity (Wildman–Crippen MR) is 54.4 cm³/mol. The van der Waals surface area contributed by atoms with Crippen LogP contribution in [0.5, 0.6) is 0 Å². The summed E-state index contributed by atoms with van der Waals surface area (Å²) in [6.07, 6.45) is 0. The number of nitrogens with zero attached hydrogens (tertiary/aromatic N) is 2. The van der Waals surface area contributed by atoms with Crippen LogP contribution in [0.1, 0.15) is 5.69 Å². The Morgan fingerprint density at radius 3 is 2.19 bits per heavy atom. The van der Waals surface area contributed by atoms with E-state index in [9.17, 15) is 13.2 Å². The standard InChI is InChI=1S/C6H7F3N2S.H3NO2S/c1-4-3-5(11(2)10-4)12-6(7,8)9;1-4(2)3/h3H,1-2H3;4H,(H2,1,2,3). The molecule has 0 bridgehead atoms. The summed E-state index contributed by atoms with van der Waals surface area (Å²) in [4.78, 5) is 0. The number of nitrogens with two attached hydrogens (primary N) is 1. The zero-order valence-corrected chi connectivity index (χ0v) is 10.1.